The summed E-state index contributed by atoms with van der Waals surface area (Å²) in [7, 11) is 0. The van der Waals surface area contributed by atoms with Crippen molar-refractivity contribution in [2.24, 2.45) is 0 Å². The van der Waals surface area contributed by atoms with Gasteiger partial charge in [-0.3, -0.25) is 0 Å². The maximum Gasteiger partial charge on any atom is 0.218 e. The van der Waals surface area contributed by atoms with Crippen molar-refractivity contribution >= 4 is 17.2 Å². The molecule has 0 aliphatic rings. The Morgan fingerprint density at radius 3 is 2.48 bits per heavy atom. The Balaban J connectivity index is 2.06. The summed E-state index contributed by atoms with van der Waals surface area (Å²) in [5, 5.41) is 5.29. The highest BCUT2D eigenvalue weighted by Gasteiger charge is 2.16. The fourth-order valence-corrected chi connectivity index (χ4v) is 3.52. The van der Waals surface area contributed by atoms with Crippen molar-refractivity contribution in [1.29, 1.82) is 0 Å². The molecule has 2 aromatic heterocycles. The first-order valence-electron chi connectivity index (χ1n) is 8.76. The molecule has 0 radical (unpaired) electrons. The highest BCUT2D eigenvalue weighted by atomic mass is 35.5. The molecule has 1 aromatic carbocycles. The van der Waals surface area contributed by atoms with Gasteiger partial charge >= 0.3 is 0 Å². The Morgan fingerprint density at radius 1 is 1.08 bits per heavy atom. The fraction of sp³-hybridized carbons (Fsp3) is 0.400. The molecule has 3 aromatic rings. The van der Waals surface area contributed by atoms with Crippen molar-refractivity contribution in [3.63, 3.8) is 0 Å². The number of hydrogen-bond acceptors (Lipinski definition) is 3. The van der Waals surface area contributed by atoms with Crippen molar-refractivity contribution in [1.82, 2.24) is 14.6 Å². The fourth-order valence-electron chi connectivity index (χ4n) is 3.19. The Kier molecular flexibility index (Phi) is 5.28. The number of fused-ring (bicyclic) bond motifs is 1. The van der Waals surface area contributed by atoms with Crippen LogP contribution in [-0.4, -0.2) is 21.2 Å². The summed E-state index contributed by atoms with van der Waals surface area (Å²) in [6.45, 7) is 8.99. The van der Waals surface area contributed by atoms with Gasteiger partial charge in [-0.05, 0) is 56.0 Å². The van der Waals surface area contributed by atoms with Crippen LogP contribution in [0.5, 0.6) is 5.88 Å². The van der Waals surface area contributed by atoms with Crippen molar-refractivity contribution in [3.8, 4) is 17.0 Å². The number of nitrogens with zero attached hydrogens (tertiary/aromatic N) is 3. The van der Waals surface area contributed by atoms with Gasteiger partial charge in [-0.1, -0.05) is 31.4 Å². The van der Waals surface area contributed by atoms with E-state index in [9.17, 15) is 0 Å². The molecule has 0 atom stereocenters. The summed E-state index contributed by atoms with van der Waals surface area (Å²) in [5.41, 5.74) is 6.12. The van der Waals surface area contributed by atoms with Crippen molar-refractivity contribution < 1.29 is 4.74 Å². The van der Waals surface area contributed by atoms with E-state index in [1.165, 1.54) is 12.8 Å². The normalized spacial score (nSPS) is 11.2. The molecule has 0 amide bonds. The van der Waals surface area contributed by atoms with Crippen LogP contribution >= 0.6 is 11.6 Å². The number of unbranched alkanes of at least 4 members (excludes halogenated alkanes) is 2. The minimum Gasteiger partial charge on any atom is -0.478 e. The van der Waals surface area contributed by atoms with Crippen molar-refractivity contribution in [2.75, 3.05) is 6.61 Å². The molecule has 4 nitrogen and oxygen atoms in total. The lowest BCUT2D eigenvalue weighted by Crippen LogP contribution is -2.04. The van der Waals surface area contributed by atoms with Crippen LogP contribution in [-0.2, 0) is 0 Å². The molecule has 25 heavy (non-hydrogen) atoms. The molecule has 5 heteroatoms. The molecule has 0 aliphatic carbocycles. The Hall–Kier alpha value is -2.07. The molecule has 0 N–H and O–H groups in total. The van der Waals surface area contributed by atoms with Gasteiger partial charge in [0, 0.05) is 22.3 Å². The molecule has 0 aliphatic heterocycles. The first-order chi connectivity index (χ1) is 12.0. The molecule has 0 unspecified atom stereocenters. The molecular formula is C20H24ClN3O. The van der Waals surface area contributed by atoms with Gasteiger partial charge < -0.3 is 4.74 Å². The lowest BCUT2D eigenvalue weighted by Gasteiger charge is -2.11. The van der Waals surface area contributed by atoms with Gasteiger partial charge in [0.1, 0.15) is 0 Å². The third-order valence-electron chi connectivity index (χ3n) is 4.33. The van der Waals surface area contributed by atoms with E-state index in [0.717, 1.165) is 50.9 Å². The Labute approximate surface area is 153 Å². The third-order valence-corrected chi connectivity index (χ3v) is 4.55. The molecule has 0 fully saturated rings. The largest absolute Gasteiger partial charge is 0.478 e. The molecule has 0 spiro atoms. The second kappa shape index (κ2) is 7.44. The monoisotopic (exact) mass is 357 g/mol. The summed E-state index contributed by atoms with van der Waals surface area (Å²) in [5.74, 6) is 0.745. The topological polar surface area (TPSA) is 39.4 Å². The summed E-state index contributed by atoms with van der Waals surface area (Å²) >= 11 is 6.18. The quantitative estimate of drug-likeness (QED) is 0.543. The number of ether oxygens (including phenoxy) is 1. The highest BCUT2D eigenvalue weighted by molar-refractivity contribution is 6.30. The number of benzene rings is 1. The van der Waals surface area contributed by atoms with E-state index in [4.69, 9.17) is 21.3 Å². The van der Waals surface area contributed by atoms with Gasteiger partial charge in [0.25, 0.3) is 0 Å². The second-order valence-electron chi connectivity index (χ2n) is 6.50. The van der Waals surface area contributed by atoms with E-state index in [-0.39, 0.29) is 0 Å². The maximum absolute atomic E-state index is 6.18. The van der Waals surface area contributed by atoms with Crippen LogP contribution in [0.1, 0.15) is 43.0 Å². The molecular weight excluding hydrogens is 334 g/mol. The zero-order valence-electron chi connectivity index (χ0n) is 15.3. The second-order valence-corrected chi connectivity index (χ2v) is 6.94. The highest BCUT2D eigenvalue weighted by Crippen LogP contribution is 2.33. The lowest BCUT2D eigenvalue weighted by atomic mass is 9.98. The predicted octanol–water partition coefficient (Wildman–Crippen LogP) is 5.54. The van der Waals surface area contributed by atoms with Gasteiger partial charge in [0.15, 0.2) is 5.65 Å². The van der Waals surface area contributed by atoms with E-state index in [1.54, 1.807) is 4.52 Å². The number of aryl methyl sites for hydroxylation is 3. The van der Waals surface area contributed by atoms with E-state index >= 15 is 0 Å². The lowest BCUT2D eigenvalue weighted by molar-refractivity contribution is 0.287. The van der Waals surface area contributed by atoms with Crippen molar-refractivity contribution in [2.45, 2.75) is 47.0 Å². The summed E-state index contributed by atoms with van der Waals surface area (Å²) in [6, 6.07) is 5.90. The van der Waals surface area contributed by atoms with Gasteiger partial charge in [0.05, 0.1) is 12.8 Å². The van der Waals surface area contributed by atoms with Crippen LogP contribution in [0.3, 0.4) is 0 Å². The third kappa shape index (κ3) is 3.64. The Bertz CT molecular complexity index is 878. The van der Waals surface area contributed by atoms with E-state index in [0.29, 0.717) is 6.61 Å². The molecule has 0 saturated heterocycles. The maximum atomic E-state index is 6.18. The zero-order chi connectivity index (χ0) is 18.0. The van der Waals surface area contributed by atoms with E-state index in [2.05, 4.69) is 25.9 Å². The average molecular weight is 358 g/mol. The average Bonchev–Trinajstić information content (AvgIpc) is 2.94. The molecule has 0 saturated carbocycles. The summed E-state index contributed by atoms with van der Waals surface area (Å²) in [6.07, 6.45) is 5.25. The summed E-state index contributed by atoms with van der Waals surface area (Å²) < 4.78 is 7.76. The van der Waals surface area contributed by atoms with Gasteiger partial charge in [-0.25, -0.2) is 4.98 Å². The molecule has 0 bridgehead atoms. The smallest absolute Gasteiger partial charge is 0.218 e. The van der Waals surface area contributed by atoms with Crippen LogP contribution in [0, 0.1) is 20.8 Å². The van der Waals surface area contributed by atoms with Gasteiger partial charge in [0.2, 0.25) is 5.88 Å². The van der Waals surface area contributed by atoms with Crippen molar-refractivity contribution in [3.05, 3.63) is 46.2 Å². The van der Waals surface area contributed by atoms with Gasteiger partial charge in [-0.15, -0.1) is 0 Å². The molecule has 2 heterocycles. The van der Waals surface area contributed by atoms with Crippen LogP contribution in [0.4, 0.5) is 0 Å². The number of rotatable bonds is 6. The zero-order valence-corrected chi connectivity index (χ0v) is 16.0. The number of halogens is 1. The predicted molar refractivity (Wildman–Crippen MR) is 103 cm³/mol. The van der Waals surface area contributed by atoms with Gasteiger partial charge in [-0.2, -0.15) is 9.61 Å². The molecule has 132 valence electrons. The minimum atomic E-state index is 0.695. The first kappa shape index (κ1) is 17.7. The summed E-state index contributed by atoms with van der Waals surface area (Å²) in [4.78, 5) is 4.71. The standard InChI is InChI=1S/C20H24ClN3O/c1-5-6-7-8-25-18-11-15(4)23-20-17(12-22-24(18)20)19-13(2)9-16(21)10-14(19)3/h9-12H,5-8H2,1-4H3. The first-order valence-corrected chi connectivity index (χ1v) is 9.14. The number of aromatic nitrogens is 3. The van der Waals surface area contributed by atoms with Crippen LogP contribution in [0.15, 0.2) is 24.4 Å². The van der Waals surface area contributed by atoms with Crippen LogP contribution in [0.25, 0.3) is 16.8 Å². The molecule has 3 rings (SSSR count). The van der Waals surface area contributed by atoms with Crippen LogP contribution in [0.2, 0.25) is 5.02 Å². The van der Waals surface area contributed by atoms with E-state index in [1.807, 2.05) is 31.3 Å². The SMILES string of the molecule is CCCCCOc1cc(C)nc2c(-c3c(C)cc(Cl)cc3C)cnn12. The minimum absolute atomic E-state index is 0.695. The van der Waals surface area contributed by atoms with E-state index < -0.39 is 0 Å². The van der Waals surface area contributed by atoms with Crippen LogP contribution < -0.4 is 4.74 Å². The Morgan fingerprint density at radius 2 is 1.80 bits per heavy atom. The number of hydrogen-bond donors (Lipinski definition) is 0.